The van der Waals surface area contributed by atoms with Crippen LogP contribution in [0.15, 0.2) is 6.20 Å². The SMILES string of the molecule is Cc1ncc([N+](=O)[O-])n1CCOC(=O)CC12C[C@H]3C[C@@H](CC(Br)(C3)C1)C2. The van der Waals surface area contributed by atoms with Gasteiger partial charge in [0.2, 0.25) is 0 Å². The molecule has 5 rings (SSSR count). The molecule has 7 nitrogen and oxygen atoms in total. The van der Waals surface area contributed by atoms with Gasteiger partial charge in [0, 0.05) is 11.2 Å². The zero-order chi connectivity index (χ0) is 18.5. The van der Waals surface area contributed by atoms with Gasteiger partial charge in [0.15, 0.2) is 5.82 Å². The zero-order valence-corrected chi connectivity index (χ0v) is 16.5. The summed E-state index contributed by atoms with van der Waals surface area (Å²) in [6.45, 7) is 2.10. The highest BCUT2D eigenvalue weighted by atomic mass is 79.9. The van der Waals surface area contributed by atoms with E-state index in [0.29, 0.717) is 12.2 Å². The summed E-state index contributed by atoms with van der Waals surface area (Å²) in [5, 5.41) is 11.0. The molecule has 4 fully saturated rings. The molecule has 26 heavy (non-hydrogen) atoms. The summed E-state index contributed by atoms with van der Waals surface area (Å²) in [7, 11) is 0. The predicted molar refractivity (Wildman–Crippen MR) is 98.0 cm³/mol. The van der Waals surface area contributed by atoms with Gasteiger partial charge in [-0.1, -0.05) is 15.9 Å². The van der Waals surface area contributed by atoms with Crippen LogP contribution in [0.5, 0.6) is 0 Å². The van der Waals surface area contributed by atoms with Crippen molar-refractivity contribution in [3.63, 3.8) is 0 Å². The number of hydrogen-bond donors (Lipinski definition) is 0. The fraction of sp³-hybridized carbons (Fsp3) is 0.778. The van der Waals surface area contributed by atoms with Crippen LogP contribution in [0, 0.1) is 34.3 Å². The summed E-state index contributed by atoms with van der Waals surface area (Å²) >= 11 is 3.96. The second-order valence-corrected chi connectivity index (χ2v) is 10.3. The Morgan fingerprint density at radius 2 is 2.12 bits per heavy atom. The number of imidazole rings is 1. The molecule has 1 aromatic rings. The number of nitrogens with zero attached hydrogens (tertiary/aromatic N) is 3. The number of hydrogen-bond acceptors (Lipinski definition) is 5. The highest BCUT2D eigenvalue weighted by Gasteiger charge is 2.57. The lowest BCUT2D eigenvalue weighted by atomic mass is 9.49. The van der Waals surface area contributed by atoms with E-state index in [4.69, 9.17) is 4.74 Å². The van der Waals surface area contributed by atoms with E-state index in [9.17, 15) is 14.9 Å². The summed E-state index contributed by atoms with van der Waals surface area (Å²) in [6, 6.07) is 0. The number of carbonyl (C=O) groups excluding carboxylic acids is 1. The Labute approximate surface area is 160 Å². The van der Waals surface area contributed by atoms with Crippen molar-refractivity contribution in [2.24, 2.45) is 17.3 Å². The minimum atomic E-state index is -0.466. The number of esters is 1. The molecule has 0 spiro atoms. The molecule has 2 atom stereocenters. The summed E-state index contributed by atoms with van der Waals surface area (Å²) < 4.78 is 7.16. The lowest BCUT2D eigenvalue weighted by Crippen LogP contribution is -2.53. The number of alkyl halides is 1. The van der Waals surface area contributed by atoms with Gasteiger partial charge in [-0.2, -0.15) is 0 Å². The van der Waals surface area contributed by atoms with E-state index in [0.717, 1.165) is 31.1 Å². The van der Waals surface area contributed by atoms with Gasteiger partial charge in [0.25, 0.3) is 0 Å². The molecule has 1 aromatic heterocycles. The van der Waals surface area contributed by atoms with E-state index in [1.165, 1.54) is 30.0 Å². The molecule has 8 heteroatoms. The van der Waals surface area contributed by atoms with Crippen LogP contribution in [0.3, 0.4) is 0 Å². The second kappa shape index (κ2) is 6.32. The van der Waals surface area contributed by atoms with Crippen molar-refractivity contribution in [3.8, 4) is 0 Å². The zero-order valence-electron chi connectivity index (χ0n) is 14.9. The molecule has 4 bridgehead atoms. The van der Waals surface area contributed by atoms with Crippen molar-refractivity contribution in [1.82, 2.24) is 9.55 Å². The average Bonchev–Trinajstić information content (AvgIpc) is 2.85. The first kappa shape index (κ1) is 17.9. The minimum Gasteiger partial charge on any atom is -0.461 e. The van der Waals surface area contributed by atoms with Crippen LogP contribution in [0.25, 0.3) is 0 Å². The third kappa shape index (κ3) is 3.28. The van der Waals surface area contributed by atoms with E-state index >= 15 is 0 Å². The normalized spacial score (nSPS) is 34.8. The molecule has 4 aliphatic carbocycles. The van der Waals surface area contributed by atoms with Crippen molar-refractivity contribution in [2.75, 3.05) is 6.61 Å². The van der Waals surface area contributed by atoms with E-state index < -0.39 is 4.92 Å². The van der Waals surface area contributed by atoms with Gasteiger partial charge < -0.3 is 14.9 Å². The molecule has 0 amide bonds. The molecule has 0 radical (unpaired) electrons. The number of rotatable bonds is 6. The largest absolute Gasteiger partial charge is 0.461 e. The monoisotopic (exact) mass is 425 g/mol. The van der Waals surface area contributed by atoms with Crippen LogP contribution < -0.4 is 0 Å². The van der Waals surface area contributed by atoms with Crippen molar-refractivity contribution in [3.05, 3.63) is 22.1 Å². The molecule has 4 saturated carbocycles. The summed E-state index contributed by atoms with van der Waals surface area (Å²) in [5.74, 6) is 1.78. The molecular formula is C18H24BrN3O4. The molecule has 0 aliphatic heterocycles. The lowest BCUT2D eigenvalue weighted by Gasteiger charge is -2.60. The van der Waals surface area contributed by atoms with Gasteiger partial charge in [-0.15, -0.1) is 0 Å². The third-order valence-corrected chi connectivity index (χ3v) is 7.36. The van der Waals surface area contributed by atoms with E-state index in [2.05, 4.69) is 20.9 Å². The van der Waals surface area contributed by atoms with Gasteiger partial charge in [-0.25, -0.2) is 9.55 Å². The number of ether oxygens (including phenoxy) is 1. The van der Waals surface area contributed by atoms with E-state index in [1.54, 1.807) is 6.92 Å². The fourth-order valence-corrected chi connectivity index (χ4v) is 7.54. The number of aryl methyl sites for hydroxylation is 1. The third-order valence-electron chi connectivity index (χ3n) is 6.43. The van der Waals surface area contributed by atoms with Gasteiger partial charge in [0.1, 0.15) is 19.3 Å². The number of aromatic nitrogens is 2. The molecule has 0 unspecified atom stereocenters. The quantitative estimate of drug-likeness (QED) is 0.299. The highest BCUT2D eigenvalue weighted by molar-refractivity contribution is 9.10. The van der Waals surface area contributed by atoms with Crippen molar-refractivity contribution in [2.45, 2.75) is 62.7 Å². The van der Waals surface area contributed by atoms with Crippen LogP contribution in [0.2, 0.25) is 0 Å². The summed E-state index contributed by atoms with van der Waals surface area (Å²) in [4.78, 5) is 27.0. The molecular weight excluding hydrogens is 402 g/mol. The first-order valence-electron chi connectivity index (χ1n) is 9.29. The summed E-state index contributed by atoms with van der Waals surface area (Å²) in [5.41, 5.74) is 0.0849. The van der Waals surface area contributed by atoms with Gasteiger partial charge in [0.05, 0.1) is 6.42 Å². The van der Waals surface area contributed by atoms with Crippen molar-refractivity contribution in [1.29, 1.82) is 0 Å². The molecule has 4 aliphatic rings. The topological polar surface area (TPSA) is 87.3 Å². The van der Waals surface area contributed by atoms with Crippen LogP contribution in [-0.2, 0) is 16.1 Å². The fourth-order valence-electron chi connectivity index (χ4n) is 6.03. The van der Waals surface area contributed by atoms with Crippen LogP contribution in [-0.4, -0.2) is 31.4 Å². The highest BCUT2D eigenvalue weighted by Crippen LogP contribution is 2.65. The molecule has 0 aromatic carbocycles. The average molecular weight is 426 g/mol. The standard InChI is InChI=1S/C18H24BrN3O4/c1-12-20-10-15(22(24)25)21(12)2-3-26-16(23)9-17-5-13-4-14(6-17)8-18(19,7-13)11-17/h10,13-14H,2-9,11H2,1H3/t13-,14-,17?,18?/m1/s1. The van der Waals surface area contributed by atoms with Crippen LogP contribution in [0.4, 0.5) is 5.82 Å². The molecule has 1 heterocycles. The Kier molecular flexibility index (Phi) is 4.36. The predicted octanol–water partition coefficient (Wildman–Crippen LogP) is 3.77. The number of halogens is 1. The van der Waals surface area contributed by atoms with Crippen molar-refractivity contribution >= 4 is 27.7 Å². The first-order valence-corrected chi connectivity index (χ1v) is 10.1. The van der Waals surface area contributed by atoms with Gasteiger partial charge in [-0.3, -0.25) is 4.79 Å². The second-order valence-electron chi connectivity index (χ2n) is 8.58. The number of nitro groups is 1. The molecule has 142 valence electrons. The van der Waals surface area contributed by atoms with Crippen molar-refractivity contribution < 1.29 is 14.5 Å². The maximum atomic E-state index is 12.5. The maximum absolute atomic E-state index is 12.5. The maximum Gasteiger partial charge on any atom is 0.342 e. The van der Waals surface area contributed by atoms with Gasteiger partial charge >= 0.3 is 11.8 Å². The molecule has 0 saturated heterocycles. The van der Waals surface area contributed by atoms with Gasteiger partial charge in [-0.05, 0) is 60.7 Å². The molecule has 0 N–H and O–H groups in total. The smallest absolute Gasteiger partial charge is 0.342 e. The summed E-state index contributed by atoms with van der Waals surface area (Å²) in [6.07, 6.45) is 8.84. The van der Waals surface area contributed by atoms with E-state index in [1.807, 2.05) is 0 Å². The minimum absolute atomic E-state index is 0.0686. The first-order chi connectivity index (χ1) is 12.3. The Balaban J connectivity index is 1.34. The Morgan fingerprint density at radius 1 is 1.42 bits per heavy atom. The lowest BCUT2D eigenvalue weighted by molar-refractivity contribution is -0.392. The Bertz CT molecular complexity index is 733. The van der Waals surface area contributed by atoms with E-state index in [-0.39, 0.29) is 34.7 Å². The van der Waals surface area contributed by atoms with Crippen LogP contribution >= 0.6 is 15.9 Å². The Morgan fingerprint density at radius 3 is 2.73 bits per heavy atom. The number of carbonyl (C=O) groups is 1. The van der Waals surface area contributed by atoms with Crippen LogP contribution in [0.1, 0.15) is 50.8 Å². The Hall–Kier alpha value is -1.44.